The fraction of sp³-hybridized carbons (Fsp3) is 0.125. The first-order valence-corrected chi connectivity index (χ1v) is 8.54. The molecule has 0 aliphatic rings. The molecule has 1 heterocycles. The van der Waals surface area contributed by atoms with Crippen LogP contribution in [0.25, 0.3) is 6.08 Å². The molecule has 0 bridgehead atoms. The normalized spacial score (nSPS) is 11.5. The summed E-state index contributed by atoms with van der Waals surface area (Å²) in [6, 6.07) is 8.44. The lowest BCUT2D eigenvalue weighted by Gasteiger charge is -2.10. The zero-order valence-electron chi connectivity index (χ0n) is 12.8. The van der Waals surface area contributed by atoms with E-state index < -0.39 is 16.0 Å². The van der Waals surface area contributed by atoms with Gasteiger partial charge in [0.25, 0.3) is 15.6 Å². The van der Waals surface area contributed by atoms with E-state index in [0.717, 1.165) is 6.08 Å². The van der Waals surface area contributed by atoms with Crippen LogP contribution < -0.4 is 10.3 Å². The number of hydrogen-bond donors (Lipinski definition) is 2. The average molecular weight is 348 g/mol. The Balaban J connectivity index is 2.24. The summed E-state index contributed by atoms with van der Waals surface area (Å²) in [7, 11) is -3.80. The molecule has 0 saturated carbocycles. The van der Waals surface area contributed by atoms with E-state index in [9.17, 15) is 18.0 Å². The van der Waals surface area contributed by atoms with Crippen molar-refractivity contribution in [1.82, 2.24) is 4.57 Å². The first-order valence-electron chi connectivity index (χ1n) is 7.06. The Morgan fingerprint density at radius 1 is 1.21 bits per heavy atom. The molecule has 24 heavy (non-hydrogen) atoms. The topological polar surface area (TPSA) is 105 Å². The van der Waals surface area contributed by atoms with E-state index in [4.69, 9.17) is 5.11 Å². The largest absolute Gasteiger partial charge is 0.478 e. The van der Waals surface area contributed by atoms with E-state index >= 15 is 0 Å². The van der Waals surface area contributed by atoms with Crippen molar-refractivity contribution in [2.75, 3.05) is 4.72 Å². The van der Waals surface area contributed by atoms with Gasteiger partial charge in [-0.05, 0) is 36.8 Å². The second-order valence-corrected chi connectivity index (χ2v) is 6.57. The van der Waals surface area contributed by atoms with Gasteiger partial charge in [0.2, 0.25) is 0 Å². The maximum atomic E-state index is 12.4. The lowest BCUT2D eigenvalue weighted by atomic mass is 10.2. The summed E-state index contributed by atoms with van der Waals surface area (Å²) in [5, 5.41) is 8.57. The number of nitrogens with zero attached hydrogens (tertiary/aromatic N) is 1. The monoisotopic (exact) mass is 348 g/mol. The van der Waals surface area contributed by atoms with Gasteiger partial charge in [-0.1, -0.05) is 12.1 Å². The van der Waals surface area contributed by atoms with Gasteiger partial charge in [0.05, 0.1) is 10.6 Å². The summed E-state index contributed by atoms with van der Waals surface area (Å²) in [5.74, 6) is -1.08. The van der Waals surface area contributed by atoms with Crippen molar-refractivity contribution in [1.29, 1.82) is 0 Å². The van der Waals surface area contributed by atoms with E-state index in [1.807, 2.05) is 0 Å². The first kappa shape index (κ1) is 17.5. The van der Waals surface area contributed by atoms with Crippen LogP contribution in [0.4, 0.5) is 5.69 Å². The summed E-state index contributed by atoms with van der Waals surface area (Å²) in [5.41, 5.74) is 0.636. The Kier molecular flexibility index (Phi) is 5.20. The number of carbonyl (C=O) groups is 1. The first-order chi connectivity index (χ1) is 11.3. The van der Waals surface area contributed by atoms with Crippen molar-refractivity contribution in [2.24, 2.45) is 0 Å². The zero-order valence-corrected chi connectivity index (χ0v) is 13.7. The minimum absolute atomic E-state index is 0.0317. The summed E-state index contributed by atoms with van der Waals surface area (Å²) >= 11 is 0. The van der Waals surface area contributed by atoms with Crippen molar-refractivity contribution in [3.05, 3.63) is 64.6 Å². The third kappa shape index (κ3) is 4.32. The molecule has 126 valence electrons. The molecular weight excluding hydrogens is 332 g/mol. The third-order valence-electron chi connectivity index (χ3n) is 3.19. The average Bonchev–Trinajstić information content (AvgIpc) is 2.55. The lowest BCUT2D eigenvalue weighted by molar-refractivity contribution is -0.131. The molecule has 0 aliphatic carbocycles. The number of nitrogens with one attached hydrogen (secondary N) is 1. The van der Waals surface area contributed by atoms with Gasteiger partial charge in [0.1, 0.15) is 0 Å². The van der Waals surface area contributed by atoms with Gasteiger partial charge in [-0.25, -0.2) is 13.2 Å². The molecule has 0 saturated heterocycles. The molecule has 1 aromatic carbocycles. The fourth-order valence-corrected chi connectivity index (χ4v) is 3.02. The second kappa shape index (κ2) is 7.14. The molecule has 0 unspecified atom stereocenters. The van der Waals surface area contributed by atoms with Crippen LogP contribution in [-0.4, -0.2) is 24.1 Å². The Bertz CT molecular complexity index is 928. The van der Waals surface area contributed by atoms with Gasteiger partial charge < -0.3 is 9.67 Å². The fourth-order valence-electron chi connectivity index (χ4n) is 1.98. The number of aliphatic carboxylic acids is 1. The van der Waals surface area contributed by atoms with Gasteiger partial charge in [-0.2, -0.15) is 0 Å². The molecule has 2 rings (SSSR count). The number of pyridine rings is 1. The minimum atomic E-state index is -3.80. The quantitative estimate of drug-likeness (QED) is 0.774. The van der Waals surface area contributed by atoms with E-state index in [1.165, 1.54) is 53.2 Å². The van der Waals surface area contributed by atoms with Crippen molar-refractivity contribution >= 4 is 27.8 Å². The van der Waals surface area contributed by atoms with Gasteiger partial charge >= 0.3 is 5.97 Å². The number of hydrogen-bond acceptors (Lipinski definition) is 4. The predicted octanol–water partition coefficient (Wildman–Crippen LogP) is 1.77. The van der Waals surface area contributed by atoms with Crippen molar-refractivity contribution in [2.45, 2.75) is 18.4 Å². The number of rotatable bonds is 6. The molecule has 0 radical (unpaired) electrons. The van der Waals surface area contributed by atoms with Crippen LogP contribution in [0.3, 0.4) is 0 Å². The number of anilines is 1. The van der Waals surface area contributed by atoms with Crippen LogP contribution in [-0.2, 0) is 21.4 Å². The molecule has 2 N–H and O–H groups in total. The van der Waals surface area contributed by atoms with Crippen molar-refractivity contribution in [3.63, 3.8) is 0 Å². The summed E-state index contributed by atoms with van der Waals surface area (Å²) in [6.07, 6.45) is 3.77. The van der Waals surface area contributed by atoms with Crippen molar-refractivity contribution < 1.29 is 18.3 Å². The van der Waals surface area contributed by atoms with Gasteiger partial charge in [-0.15, -0.1) is 0 Å². The maximum Gasteiger partial charge on any atom is 0.328 e. The summed E-state index contributed by atoms with van der Waals surface area (Å²) in [4.78, 5) is 22.0. The van der Waals surface area contributed by atoms with Crippen LogP contribution in [0.15, 0.2) is 58.4 Å². The highest BCUT2D eigenvalue weighted by Crippen LogP contribution is 2.16. The zero-order chi connectivity index (χ0) is 17.7. The van der Waals surface area contributed by atoms with Crippen LogP contribution >= 0.6 is 0 Å². The molecule has 1 aromatic heterocycles. The molecule has 7 nitrogen and oxygen atoms in total. The number of sulfonamides is 1. The molecule has 0 spiro atoms. The molecular formula is C16H16N2O5S. The number of aromatic nitrogens is 1. The van der Waals surface area contributed by atoms with Crippen LogP contribution in [0.5, 0.6) is 0 Å². The Morgan fingerprint density at radius 2 is 1.88 bits per heavy atom. The van der Waals surface area contributed by atoms with Gasteiger partial charge in [-0.3, -0.25) is 9.52 Å². The van der Waals surface area contributed by atoms with Gasteiger partial charge in [0.15, 0.2) is 0 Å². The highest BCUT2D eigenvalue weighted by Gasteiger charge is 2.14. The standard InChI is InChI=1S/C16H16N2O5S/c1-2-18-11-13(6-9-15(18)19)17-24(22,23)14-7-3-12(4-8-14)5-10-16(20)21/h3-11,17H,2H2,1H3,(H,20,21)/b10-5+. The lowest BCUT2D eigenvalue weighted by Crippen LogP contribution is -2.20. The summed E-state index contributed by atoms with van der Waals surface area (Å²) < 4.78 is 28.5. The molecule has 0 atom stereocenters. The molecule has 2 aromatic rings. The smallest absolute Gasteiger partial charge is 0.328 e. The predicted molar refractivity (Wildman–Crippen MR) is 90.3 cm³/mol. The number of benzene rings is 1. The van der Waals surface area contributed by atoms with E-state index in [2.05, 4.69) is 4.72 Å². The highest BCUT2D eigenvalue weighted by atomic mass is 32.2. The van der Waals surface area contributed by atoms with Crippen LogP contribution in [0, 0.1) is 0 Å². The van der Waals surface area contributed by atoms with Crippen LogP contribution in [0.1, 0.15) is 12.5 Å². The Hall–Kier alpha value is -2.87. The van der Waals surface area contributed by atoms with Crippen molar-refractivity contribution in [3.8, 4) is 0 Å². The number of aryl methyl sites for hydroxylation is 1. The second-order valence-electron chi connectivity index (χ2n) is 4.89. The number of carboxylic acids is 1. The molecule has 0 fully saturated rings. The van der Waals surface area contributed by atoms with E-state index in [0.29, 0.717) is 12.1 Å². The highest BCUT2D eigenvalue weighted by molar-refractivity contribution is 7.92. The maximum absolute atomic E-state index is 12.4. The minimum Gasteiger partial charge on any atom is -0.478 e. The Morgan fingerprint density at radius 3 is 2.46 bits per heavy atom. The molecule has 0 amide bonds. The SMILES string of the molecule is CCn1cc(NS(=O)(=O)c2ccc(/C=C/C(=O)O)cc2)ccc1=O. The molecule has 8 heteroatoms. The number of carboxylic acid groups (broad SMARTS) is 1. The molecule has 0 aliphatic heterocycles. The summed E-state index contributed by atoms with van der Waals surface area (Å²) in [6.45, 7) is 2.21. The van der Waals surface area contributed by atoms with E-state index in [-0.39, 0.29) is 16.1 Å². The Labute approximate surface area is 138 Å². The third-order valence-corrected chi connectivity index (χ3v) is 4.58. The van der Waals surface area contributed by atoms with Gasteiger partial charge in [0, 0.05) is 24.9 Å². The van der Waals surface area contributed by atoms with E-state index in [1.54, 1.807) is 6.92 Å². The van der Waals surface area contributed by atoms with Crippen LogP contribution in [0.2, 0.25) is 0 Å².